The number of methoxy groups -OCH3 is 1. The van der Waals surface area contributed by atoms with Crippen molar-refractivity contribution in [3.05, 3.63) is 18.7 Å². The Balaban J connectivity index is 2.94. The van der Waals surface area contributed by atoms with Crippen molar-refractivity contribution in [2.24, 2.45) is 0 Å². The van der Waals surface area contributed by atoms with Crippen molar-refractivity contribution in [1.82, 2.24) is 9.88 Å². The molecule has 9 heteroatoms. The molecule has 1 aromatic rings. The molecule has 0 radical (unpaired) electrons. The van der Waals surface area contributed by atoms with E-state index in [0.717, 1.165) is 6.08 Å². The van der Waals surface area contributed by atoms with Crippen LogP contribution >= 0.6 is 0 Å². The van der Waals surface area contributed by atoms with Crippen molar-refractivity contribution in [1.29, 1.82) is 0 Å². The lowest BCUT2D eigenvalue weighted by molar-refractivity contribution is -0.111. The number of nitrogens with two attached hydrogens (primary N) is 1. The maximum atomic E-state index is 12.1. The first-order valence-electron chi connectivity index (χ1n) is 8.41. The first-order valence-corrected chi connectivity index (χ1v) is 8.41. The smallest absolute Gasteiger partial charge is 0.410 e. The summed E-state index contributed by atoms with van der Waals surface area (Å²) in [6.45, 7) is 9.68. The summed E-state index contributed by atoms with van der Waals surface area (Å²) >= 11 is 0. The van der Waals surface area contributed by atoms with E-state index in [9.17, 15) is 9.59 Å². The van der Waals surface area contributed by atoms with Crippen molar-refractivity contribution in [3.63, 3.8) is 0 Å². The van der Waals surface area contributed by atoms with Crippen LogP contribution in [-0.2, 0) is 9.53 Å². The molecule has 3 N–H and O–H groups in total. The Hall–Kier alpha value is -2.97. The van der Waals surface area contributed by atoms with Gasteiger partial charge in [0.1, 0.15) is 5.60 Å². The number of carbonyl (C=O) groups excluding carboxylic acids is 2. The van der Waals surface area contributed by atoms with Crippen LogP contribution in [0.5, 0.6) is 5.88 Å². The summed E-state index contributed by atoms with van der Waals surface area (Å²) in [5.41, 5.74) is 6.03. The summed E-state index contributed by atoms with van der Waals surface area (Å²) in [4.78, 5) is 31.4. The van der Waals surface area contributed by atoms with Crippen LogP contribution < -0.4 is 20.7 Å². The monoisotopic (exact) mass is 379 g/mol. The number of hydrogen-bond acceptors (Lipinski definition) is 7. The van der Waals surface area contributed by atoms with E-state index in [1.807, 2.05) is 20.8 Å². The molecule has 0 atom stereocenters. The lowest BCUT2D eigenvalue weighted by Crippen LogP contribution is -2.38. The Morgan fingerprint density at radius 1 is 1.33 bits per heavy atom. The van der Waals surface area contributed by atoms with Gasteiger partial charge in [0, 0.05) is 27.2 Å². The lowest BCUT2D eigenvalue weighted by atomic mass is 10.2. The number of nitrogens with one attached hydrogen (secondary N) is 1. The highest BCUT2D eigenvalue weighted by atomic mass is 16.6. The first kappa shape index (κ1) is 22.1. The number of aromatic nitrogens is 1. The van der Waals surface area contributed by atoms with E-state index < -0.39 is 11.7 Å². The van der Waals surface area contributed by atoms with Crippen molar-refractivity contribution in [2.45, 2.75) is 26.4 Å². The van der Waals surface area contributed by atoms with Gasteiger partial charge in [-0.15, -0.1) is 0 Å². The molecular formula is C18H29N5O4. The number of nitrogen functional groups attached to an aromatic ring is 1. The molecule has 1 rings (SSSR count). The van der Waals surface area contributed by atoms with Gasteiger partial charge < -0.3 is 30.3 Å². The van der Waals surface area contributed by atoms with Gasteiger partial charge in [0.05, 0.1) is 18.5 Å². The normalized spacial score (nSPS) is 10.7. The number of likely N-dealkylation sites (N-methyl/N-ethyl adjacent to an activating group) is 2. The van der Waals surface area contributed by atoms with E-state index >= 15 is 0 Å². The zero-order valence-corrected chi connectivity index (χ0v) is 16.8. The van der Waals surface area contributed by atoms with E-state index in [-0.39, 0.29) is 11.8 Å². The fourth-order valence-electron chi connectivity index (χ4n) is 2.07. The van der Waals surface area contributed by atoms with Gasteiger partial charge in [-0.3, -0.25) is 4.79 Å². The van der Waals surface area contributed by atoms with E-state index in [0.29, 0.717) is 30.3 Å². The minimum atomic E-state index is -0.564. The molecule has 150 valence electrons. The Morgan fingerprint density at radius 2 is 1.96 bits per heavy atom. The number of ether oxygens (including phenoxy) is 2. The molecule has 0 fully saturated rings. The second-order valence-electron chi connectivity index (χ2n) is 6.97. The van der Waals surface area contributed by atoms with E-state index in [1.54, 1.807) is 25.1 Å². The van der Waals surface area contributed by atoms with Crippen LogP contribution in [-0.4, -0.2) is 61.8 Å². The summed E-state index contributed by atoms with van der Waals surface area (Å²) in [7, 11) is 4.89. The van der Waals surface area contributed by atoms with Crippen LogP contribution in [0.15, 0.2) is 18.7 Å². The van der Waals surface area contributed by atoms with E-state index in [1.165, 1.54) is 12.0 Å². The third-order valence-corrected chi connectivity index (χ3v) is 3.47. The van der Waals surface area contributed by atoms with Gasteiger partial charge in [-0.1, -0.05) is 6.58 Å². The Labute approximate surface area is 160 Å². The fourth-order valence-corrected chi connectivity index (χ4v) is 2.07. The quantitative estimate of drug-likeness (QED) is 0.698. The Morgan fingerprint density at radius 3 is 2.48 bits per heavy atom. The summed E-state index contributed by atoms with van der Waals surface area (Å²) < 4.78 is 10.5. The molecule has 27 heavy (non-hydrogen) atoms. The van der Waals surface area contributed by atoms with Crippen LogP contribution in [0.25, 0.3) is 0 Å². The molecule has 9 nitrogen and oxygen atoms in total. The summed E-state index contributed by atoms with van der Waals surface area (Å²) in [6.07, 6.45) is 0.736. The van der Waals surface area contributed by atoms with Gasteiger partial charge in [-0.2, -0.15) is 4.98 Å². The molecule has 0 spiro atoms. The van der Waals surface area contributed by atoms with Gasteiger partial charge in [-0.05, 0) is 32.9 Å². The average molecular weight is 379 g/mol. The molecule has 0 aliphatic carbocycles. The summed E-state index contributed by atoms with van der Waals surface area (Å²) in [6, 6.07) is 1.57. The second kappa shape index (κ2) is 9.11. The number of hydrogen-bond donors (Lipinski definition) is 2. The van der Waals surface area contributed by atoms with E-state index in [2.05, 4.69) is 16.9 Å². The van der Waals surface area contributed by atoms with Crippen LogP contribution in [0.3, 0.4) is 0 Å². The number of carbonyl (C=O) groups is 2. The molecule has 0 aliphatic rings. The molecule has 0 bridgehead atoms. The van der Waals surface area contributed by atoms with Gasteiger partial charge in [0.15, 0.2) is 5.82 Å². The number of amides is 2. The minimum Gasteiger partial charge on any atom is -0.479 e. The largest absolute Gasteiger partial charge is 0.479 e. The van der Waals surface area contributed by atoms with Crippen LogP contribution in [0.2, 0.25) is 0 Å². The zero-order chi connectivity index (χ0) is 20.8. The Kier molecular flexibility index (Phi) is 7.45. The molecule has 0 aliphatic heterocycles. The van der Waals surface area contributed by atoms with Crippen LogP contribution in [0.1, 0.15) is 20.8 Å². The van der Waals surface area contributed by atoms with Crippen molar-refractivity contribution < 1.29 is 19.1 Å². The lowest BCUT2D eigenvalue weighted by Gasteiger charge is -2.27. The molecule has 0 saturated heterocycles. The standard InChI is InChI=1S/C18H29N5O4/c1-8-14(24)20-13-11-12(19)16(26-7)21-15(13)22(5)9-10-23(6)17(25)27-18(2,3)4/h8,11H,1,9-10,19H2,2-7H3,(H,20,24). The molecular weight excluding hydrogens is 350 g/mol. The Bertz CT molecular complexity index is 700. The number of nitrogens with zero attached hydrogens (tertiary/aromatic N) is 3. The van der Waals surface area contributed by atoms with Crippen LogP contribution in [0.4, 0.5) is 22.0 Å². The predicted molar refractivity (Wildman–Crippen MR) is 106 cm³/mol. The van der Waals surface area contributed by atoms with Crippen LogP contribution in [0, 0.1) is 0 Å². The maximum Gasteiger partial charge on any atom is 0.410 e. The van der Waals surface area contributed by atoms with Crippen molar-refractivity contribution in [2.75, 3.05) is 50.2 Å². The summed E-state index contributed by atoms with van der Waals surface area (Å²) in [5, 5.41) is 2.67. The fraction of sp³-hybridized carbons (Fsp3) is 0.500. The number of pyridine rings is 1. The average Bonchev–Trinajstić information content (AvgIpc) is 2.57. The first-order chi connectivity index (χ1) is 12.5. The SMILES string of the molecule is C=CC(=O)Nc1cc(N)c(OC)nc1N(C)CCN(C)C(=O)OC(C)(C)C. The molecule has 2 amide bonds. The van der Waals surface area contributed by atoms with E-state index in [4.69, 9.17) is 15.2 Å². The topological polar surface area (TPSA) is 110 Å². The predicted octanol–water partition coefficient (Wildman–Crippen LogP) is 2.10. The van der Waals surface area contributed by atoms with Gasteiger partial charge >= 0.3 is 6.09 Å². The number of rotatable bonds is 7. The third kappa shape index (κ3) is 6.69. The van der Waals surface area contributed by atoms with Gasteiger partial charge in [-0.25, -0.2) is 4.79 Å². The van der Waals surface area contributed by atoms with Gasteiger partial charge in [0.2, 0.25) is 11.8 Å². The molecule has 0 unspecified atom stereocenters. The molecule has 0 saturated carbocycles. The maximum absolute atomic E-state index is 12.1. The molecule has 1 heterocycles. The molecule has 1 aromatic heterocycles. The third-order valence-electron chi connectivity index (χ3n) is 3.47. The number of anilines is 3. The molecule has 0 aromatic carbocycles. The minimum absolute atomic E-state index is 0.244. The summed E-state index contributed by atoms with van der Waals surface area (Å²) in [5.74, 6) is 0.310. The van der Waals surface area contributed by atoms with Gasteiger partial charge in [0.25, 0.3) is 0 Å². The highest BCUT2D eigenvalue weighted by Gasteiger charge is 2.21. The second-order valence-corrected chi connectivity index (χ2v) is 6.97. The highest BCUT2D eigenvalue weighted by molar-refractivity contribution is 6.01. The zero-order valence-electron chi connectivity index (χ0n) is 16.8. The highest BCUT2D eigenvalue weighted by Crippen LogP contribution is 2.31. The van der Waals surface area contributed by atoms with Crippen molar-refractivity contribution in [3.8, 4) is 5.88 Å². The van der Waals surface area contributed by atoms with Crippen molar-refractivity contribution >= 4 is 29.2 Å².